The summed E-state index contributed by atoms with van der Waals surface area (Å²) in [5.74, 6) is -0.152. The van der Waals surface area contributed by atoms with Crippen LogP contribution >= 0.6 is 15.9 Å². The van der Waals surface area contributed by atoms with Crippen molar-refractivity contribution in [1.29, 1.82) is 0 Å². The third-order valence-electron chi connectivity index (χ3n) is 3.47. The first-order valence-corrected chi connectivity index (χ1v) is 8.15. The molecular formula is C17H17BrN2O5. The van der Waals surface area contributed by atoms with Crippen molar-refractivity contribution in [2.75, 3.05) is 11.9 Å². The summed E-state index contributed by atoms with van der Waals surface area (Å²) in [7, 11) is 0. The Morgan fingerprint density at radius 2 is 1.96 bits per heavy atom. The highest BCUT2D eigenvalue weighted by Crippen LogP contribution is 2.23. The first-order valence-electron chi connectivity index (χ1n) is 7.36. The van der Waals surface area contributed by atoms with Crippen molar-refractivity contribution in [1.82, 2.24) is 0 Å². The van der Waals surface area contributed by atoms with Crippen molar-refractivity contribution in [3.63, 3.8) is 0 Å². The number of aliphatic hydroxyl groups is 1. The van der Waals surface area contributed by atoms with E-state index in [1.807, 2.05) is 0 Å². The Labute approximate surface area is 152 Å². The Morgan fingerprint density at radius 1 is 1.32 bits per heavy atom. The quantitative estimate of drug-likeness (QED) is 0.562. The molecule has 0 saturated carbocycles. The number of aryl methyl sites for hydroxylation is 1. The Balaban J connectivity index is 2.01. The van der Waals surface area contributed by atoms with Crippen LogP contribution < -0.4 is 10.1 Å². The number of rotatable bonds is 6. The largest absolute Gasteiger partial charge is 0.490 e. The van der Waals surface area contributed by atoms with Crippen LogP contribution in [0.5, 0.6) is 5.75 Å². The highest BCUT2D eigenvalue weighted by Gasteiger charge is 2.31. The molecule has 0 radical (unpaired) electrons. The van der Waals surface area contributed by atoms with E-state index in [1.165, 1.54) is 25.1 Å². The van der Waals surface area contributed by atoms with Gasteiger partial charge in [-0.25, -0.2) is 0 Å². The molecule has 0 aliphatic heterocycles. The zero-order valence-corrected chi connectivity index (χ0v) is 15.2. The number of carbonyl (C=O) groups excluding carboxylic acids is 1. The lowest BCUT2D eigenvalue weighted by Gasteiger charge is -2.22. The van der Waals surface area contributed by atoms with Gasteiger partial charge in [0.05, 0.1) is 4.92 Å². The van der Waals surface area contributed by atoms with Crippen molar-refractivity contribution in [2.24, 2.45) is 0 Å². The summed E-state index contributed by atoms with van der Waals surface area (Å²) in [4.78, 5) is 22.6. The number of anilines is 1. The second kappa shape index (κ2) is 7.62. The van der Waals surface area contributed by atoms with Crippen LogP contribution in [0.15, 0.2) is 46.9 Å². The third kappa shape index (κ3) is 5.01. The summed E-state index contributed by atoms with van der Waals surface area (Å²) in [6.45, 7) is 2.66. The average Bonchev–Trinajstić information content (AvgIpc) is 2.54. The molecule has 0 bridgehead atoms. The molecule has 0 fully saturated rings. The van der Waals surface area contributed by atoms with E-state index in [9.17, 15) is 20.0 Å². The molecular weight excluding hydrogens is 392 g/mol. The lowest BCUT2D eigenvalue weighted by molar-refractivity contribution is -0.385. The standard InChI is InChI=1S/C17H17BrN2O5/c1-11-9-13(5-8-15(11)20(23)24)19-16(21)17(2,22)10-25-14-6-3-12(18)4-7-14/h3-9,22H,10H2,1-2H3,(H,19,21)/t17-/m0/s1. The fourth-order valence-corrected chi connectivity index (χ4v) is 2.29. The maximum absolute atomic E-state index is 12.3. The van der Waals surface area contributed by atoms with Gasteiger partial charge in [0.15, 0.2) is 5.60 Å². The number of nitrogens with one attached hydrogen (secondary N) is 1. The number of nitro benzene ring substituents is 1. The lowest BCUT2D eigenvalue weighted by atomic mass is 10.1. The number of ether oxygens (including phenoxy) is 1. The van der Waals surface area contributed by atoms with E-state index in [2.05, 4.69) is 21.2 Å². The number of benzene rings is 2. The summed E-state index contributed by atoms with van der Waals surface area (Å²) in [6, 6.07) is 11.2. The summed E-state index contributed by atoms with van der Waals surface area (Å²) >= 11 is 3.30. The van der Waals surface area contributed by atoms with Crippen molar-refractivity contribution >= 4 is 33.2 Å². The van der Waals surface area contributed by atoms with Crippen LogP contribution in [0.1, 0.15) is 12.5 Å². The normalized spacial score (nSPS) is 13.0. The molecule has 1 amide bonds. The van der Waals surface area contributed by atoms with Gasteiger partial charge in [0.2, 0.25) is 0 Å². The van der Waals surface area contributed by atoms with Crippen LogP contribution in [-0.4, -0.2) is 28.1 Å². The first-order chi connectivity index (χ1) is 11.7. The molecule has 2 aromatic rings. The first kappa shape index (κ1) is 18.9. The highest BCUT2D eigenvalue weighted by atomic mass is 79.9. The van der Waals surface area contributed by atoms with Crippen LogP contribution in [0, 0.1) is 17.0 Å². The Hall–Kier alpha value is -2.45. The zero-order valence-electron chi connectivity index (χ0n) is 13.7. The van der Waals surface area contributed by atoms with Crippen molar-refractivity contribution in [2.45, 2.75) is 19.4 Å². The highest BCUT2D eigenvalue weighted by molar-refractivity contribution is 9.10. The van der Waals surface area contributed by atoms with E-state index >= 15 is 0 Å². The van der Waals surface area contributed by atoms with E-state index in [1.54, 1.807) is 31.2 Å². The molecule has 8 heteroatoms. The molecule has 0 saturated heterocycles. The molecule has 0 spiro atoms. The van der Waals surface area contributed by atoms with Crippen LogP contribution in [0.25, 0.3) is 0 Å². The van der Waals surface area contributed by atoms with E-state index in [4.69, 9.17) is 4.74 Å². The zero-order chi connectivity index (χ0) is 18.6. The topological polar surface area (TPSA) is 102 Å². The van der Waals surface area contributed by atoms with Gasteiger partial charge in [0.25, 0.3) is 11.6 Å². The molecule has 2 rings (SSSR count). The van der Waals surface area contributed by atoms with Gasteiger partial charge in [-0.15, -0.1) is 0 Å². The predicted molar refractivity (Wildman–Crippen MR) is 96.7 cm³/mol. The molecule has 132 valence electrons. The van der Waals surface area contributed by atoms with Gasteiger partial charge >= 0.3 is 0 Å². The minimum atomic E-state index is -1.78. The van der Waals surface area contributed by atoms with Crippen molar-refractivity contribution in [3.05, 3.63) is 62.6 Å². The predicted octanol–water partition coefficient (Wildman–Crippen LogP) is 3.43. The number of halogens is 1. The Bertz CT molecular complexity index is 790. The molecule has 2 aromatic carbocycles. The second-order valence-corrected chi connectivity index (χ2v) is 6.64. The minimum Gasteiger partial charge on any atom is -0.490 e. The molecule has 0 aliphatic carbocycles. The Kier molecular flexibility index (Phi) is 5.76. The molecule has 2 N–H and O–H groups in total. The fraction of sp³-hybridized carbons (Fsp3) is 0.235. The number of nitro groups is 1. The number of carbonyl (C=O) groups is 1. The maximum atomic E-state index is 12.3. The van der Waals surface area contributed by atoms with Crippen LogP contribution in [0.4, 0.5) is 11.4 Å². The smallest absolute Gasteiger partial charge is 0.272 e. The molecule has 7 nitrogen and oxygen atoms in total. The molecule has 0 unspecified atom stereocenters. The molecule has 0 heterocycles. The molecule has 1 atom stereocenters. The number of hydrogen-bond acceptors (Lipinski definition) is 5. The number of amides is 1. The van der Waals surface area contributed by atoms with Gasteiger partial charge in [0.1, 0.15) is 12.4 Å². The van der Waals surface area contributed by atoms with E-state index in [0.717, 1.165) is 4.47 Å². The van der Waals surface area contributed by atoms with Crippen molar-refractivity contribution in [3.8, 4) is 5.75 Å². The maximum Gasteiger partial charge on any atom is 0.272 e. The second-order valence-electron chi connectivity index (χ2n) is 5.73. The van der Waals surface area contributed by atoms with Gasteiger partial charge in [-0.3, -0.25) is 14.9 Å². The average molecular weight is 409 g/mol. The summed E-state index contributed by atoms with van der Waals surface area (Å²) in [5, 5.41) is 23.7. The van der Waals surface area contributed by atoms with Crippen molar-refractivity contribution < 1.29 is 19.6 Å². The van der Waals surface area contributed by atoms with Crippen LogP contribution in [0.3, 0.4) is 0 Å². The molecule has 0 aromatic heterocycles. The monoisotopic (exact) mass is 408 g/mol. The summed E-state index contributed by atoms with van der Waals surface area (Å²) < 4.78 is 6.32. The number of nitrogens with zero attached hydrogens (tertiary/aromatic N) is 1. The minimum absolute atomic E-state index is 0.0386. The lowest BCUT2D eigenvalue weighted by Crippen LogP contribution is -2.45. The van der Waals surface area contributed by atoms with Crippen LogP contribution in [-0.2, 0) is 4.79 Å². The molecule has 25 heavy (non-hydrogen) atoms. The van der Waals surface area contributed by atoms with Gasteiger partial charge in [-0.05, 0) is 50.2 Å². The SMILES string of the molecule is Cc1cc(NC(=O)[C@@](C)(O)COc2ccc(Br)cc2)ccc1[N+](=O)[O-]. The summed E-state index contributed by atoms with van der Waals surface area (Å²) in [6.07, 6.45) is 0. The van der Waals surface area contributed by atoms with Gasteiger partial charge < -0.3 is 15.2 Å². The fourth-order valence-electron chi connectivity index (χ4n) is 2.02. The van der Waals surface area contributed by atoms with E-state index in [-0.39, 0.29) is 12.3 Å². The van der Waals surface area contributed by atoms with Crippen LogP contribution in [0.2, 0.25) is 0 Å². The summed E-state index contributed by atoms with van der Waals surface area (Å²) in [5.41, 5.74) is -1.04. The van der Waals surface area contributed by atoms with E-state index < -0.39 is 16.4 Å². The molecule has 0 aliphatic rings. The van der Waals surface area contributed by atoms with Gasteiger partial charge in [0, 0.05) is 21.8 Å². The van der Waals surface area contributed by atoms with Gasteiger partial charge in [-0.2, -0.15) is 0 Å². The van der Waals surface area contributed by atoms with E-state index in [0.29, 0.717) is 17.0 Å². The Morgan fingerprint density at radius 3 is 2.52 bits per heavy atom. The third-order valence-corrected chi connectivity index (χ3v) is 4.00. The number of hydrogen-bond donors (Lipinski definition) is 2. The van der Waals surface area contributed by atoms with Gasteiger partial charge in [-0.1, -0.05) is 15.9 Å².